The van der Waals surface area contributed by atoms with Gasteiger partial charge in [-0.05, 0) is 29.7 Å². The van der Waals surface area contributed by atoms with Gasteiger partial charge in [-0.3, -0.25) is 4.98 Å². The highest BCUT2D eigenvalue weighted by Gasteiger charge is 2.15. The summed E-state index contributed by atoms with van der Waals surface area (Å²) >= 11 is 0. The number of hydrogen-bond acceptors (Lipinski definition) is 3. The first-order valence-corrected chi connectivity index (χ1v) is 7.14. The summed E-state index contributed by atoms with van der Waals surface area (Å²) in [6.45, 7) is 4.70. The zero-order valence-electron chi connectivity index (χ0n) is 11.8. The highest BCUT2D eigenvalue weighted by Crippen LogP contribution is 2.19. The molecule has 1 aliphatic rings. The molecule has 0 unspecified atom stereocenters. The first kappa shape index (κ1) is 13.3. The average molecular weight is 268 g/mol. The number of aryl methyl sites for hydroxylation is 1. The van der Waals surface area contributed by atoms with Crippen molar-refractivity contribution >= 4 is 0 Å². The van der Waals surface area contributed by atoms with Crippen molar-refractivity contribution in [2.24, 2.45) is 0 Å². The van der Waals surface area contributed by atoms with Crippen molar-refractivity contribution in [1.82, 2.24) is 10.3 Å². The van der Waals surface area contributed by atoms with Gasteiger partial charge in [-0.2, -0.15) is 0 Å². The molecule has 0 amide bonds. The van der Waals surface area contributed by atoms with Crippen LogP contribution in [0, 0.1) is 6.92 Å². The molecular formula is C17H20N2O. The molecule has 1 N–H and O–H groups in total. The van der Waals surface area contributed by atoms with Gasteiger partial charge in [0, 0.05) is 31.4 Å². The largest absolute Gasteiger partial charge is 0.371 e. The topological polar surface area (TPSA) is 34.1 Å². The highest BCUT2D eigenvalue weighted by atomic mass is 16.5. The molecule has 104 valence electrons. The van der Waals surface area contributed by atoms with E-state index in [-0.39, 0.29) is 6.10 Å². The van der Waals surface area contributed by atoms with Crippen molar-refractivity contribution in [2.45, 2.75) is 19.4 Å². The third kappa shape index (κ3) is 3.24. The third-order valence-electron chi connectivity index (χ3n) is 3.64. The summed E-state index contributed by atoms with van der Waals surface area (Å²) in [5.41, 5.74) is 4.84. The van der Waals surface area contributed by atoms with Crippen molar-refractivity contribution < 1.29 is 4.74 Å². The number of nitrogens with zero attached hydrogens (tertiary/aromatic N) is 1. The van der Waals surface area contributed by atoms with Crippen LogP contribution in [0.3, 0.4) is 0 Å². The van der Waals surface area contributed by atoms with Gasteiger partial charge in [-0.25, -0.2) is 0 Å². The molecule has 3 rings (SSSR count). The van der Waals surface area contributed by atoms with Gasteiger partial charge in [-0.1, -0.05) is 30.3 Å². The van der Waals surface area contributed by atoms with Crippen molar-refractivity contribution in [2.75, 3.05) is 19.7 Å². The molecular weight excluding hydrogens is 248 g/mol. The van der Waals surface area contributed by atoms with E-state index in [0.29, 0.717) is 0 Å². The summed E-state index contributed by atoms with van der Waals surface area (Å²) in [4.78, 5) is 4.45. The van der Waals surface area contributed by atoms with E-state index in [0.717, 1.165) is 31.8 Å². The van der Waals surface area contributed by atoms with E-state index in [1.54, 1.807) is 0 Å². The number of ether oxygens (including phenoxy) is 1. The minimum atomic E-state index is 0.190. The van der Waals surface area contributed by atoms with E-state index in [4.69, 9.17) is 4.74 Å². The maximum Gasteiger partial charge on any atom is 0.0949 e. The Labute approximate surface area is 120 Å². The van der Waals surface area contributed by atoms with Crippen molar-refractivity contribution in [3.8, 4) is 0 Å². The molecule has 1 aliphatic heterocycles. The highest BCUT2D eigenvalue weighted by molar-refractivity contribution is 5.28. The fraction of sp³-hybridized carbons (Fsp3) is 0.353. The van der Waals surface area contributed by atoms with E-state index >= 15 is 0 Å². The molecule has 20 heavy (non-hydrogen) atoms. The van der Waals surface area contributed by atoms with E-state index in [9.17, 15) is 0 Å². The molecule has 1 fully saturated rings. The molecule has 3 nitrogen and oxygen atoms in total. The lowest BCUT2D eigenvalue weighted by Gasteiger charge is -2.24. The van der Waals surface area contributed by atoms with Gasteiger partial charge in [0.2, 0.25) is 0 Å². The van der Waals surface area contributed by atoms with Crippen LogP contribution in [0.25, 0.3) is 0 Å². The number of nitrogens with one attached hydrogen (secondary N) is 1. The summed E-state index contributed by atoms with van der Waals surface area (Å²) in [5, 5.41) is 3.36. The number of pyridine rings is 1. The molecule has 0 radical (unpaired) electrons. The zero-order valence-corrected chi connectivity index (χ0v) is 11.8. The summed E-state index contributed by atoms with van der Waals surface area (Å²) < 4.78 is 5.76. The van der Waals surface area contributed by atoms with Crippen LogP contribution in [0.15, 0.2) is 42.6 Å². The predicted octanol–water partition coefficient (Wildman–Crippen LogP) is 2.64. The number of rotatable bonds is 3. The molecule has 2 heterocycles. The Balaban J connectivity index is 1.67. The van der Waals surface area contributed by atoms with Crippen LogP contribution in [0.2, 0.25) is 0 Å². The molecule has 2 aromatic rings. The number of benzene rings is 1. The van der Waals surface area contributed by atoms with Crippen LogP contribution in [-0.2, 0) is 11.2 Å². The fourth-order valence-electron chi connectivity index (χ4n) is 2.44. The SMILES string of the molecule is Cc1ccc(Cc2ccc([C@H]3CNCCO3)cc2)nc1. The van der Waals surface area contributed by atoms with E-state index < -0.39 is 0 Å². The lowest BCUT2D eigenvalue weighted by atomic mass is 10.0. The predicted molar refractivity (Wildman–Crippen MR) is 79.8 cm³/mol. The summed E-state index contributed by atoms with van der Waals surface area (Å²) in [5.74, 6) is 0. The lowest BCUT2D eigenvalue weighted by Crippen LogP contribution is -2.33. The Hall–Kier alpha value is -1.71. The summed E-state index contributed by atoms with van der Waals surface area (Å²) in [6.07, 6.45) is 2.99. The van der Waals surface area contributed by atoms with Gasteiger partial charge in [0.25, 0.3) is 0 Å². The average Bonchev–Trinajstić information content (AvgIpc) is 2.51. The van der Waals surface area contributed by atoms with Crippen LogP contribution >= 0.6 is 0 Å². The number of hydrogen-bond donors (Lipinski definition) is 1. The van der Waals surface area contributed by atoms with Crippen LogP contribution in [0.5, 0.6) is 0 Å². The second-order valence-corrected chi connectivity index (χ2v) is 5.31. The normalized spacial score (nSPS) is 18.9. The van der Waals surface area contributed by atoms with Gasteiger partial charge >= 0.3 is 0 Å². The fourth-order valence-corrected chi connectivity index (χ4v) is 2.44. The Bertz CT molecular complexity index is 542. The first-order valence-electron chi connectivity index (χ1n) is 7.14. The molecule has 3 heteroatoms. The molecule has 1 aromatic carbocycles. The van der Waals surface area contributed by atoms with Crippen LogP contribution in [-0.4, -0.2) is 24.7 Å². The molecule has 1 aromatic heterocycles. The van der Waals surface area contributed by atoms with Gasteiger partial charge in [0.05, 0.1) is 12.7 Å². The second-order valence-electron chi connectivity index (χ2n) is 5.31. The summed E-state index contributed by atoms with van der Waals surface area (Å²) in [7, 11) is 0. The van der Waals surface area contributed by atoms with Gasteiger partial charge < -0.3 is 10.1 Å². The number of aromatic nitrogens is 1. The van der Waals surface area contributed by atoms with Crippen LogP contribution in [0.1, 0.15) is 28.5 Å². The molecule has 1 saturated heterocycles. The van der Waals surface area contributed by atoms with Crippen molar-refractivity contribution in [3.05, 3.63) is 65.0 Å². The van der Waals surface area contributed by atoms with Crippen molar-refractivity contribution in [3.63, 3.8) is 0 Å². The molecule has 0 aliphatic carbocycles. The Kier molecular flexibility index (Phi) is 4.09. The van der Waals surface area contributed by atoms with Crippen LogP contribution < -0.4 is 5.32 Å². The minimum absolute atomic E-state index is 0.190. The maximum atomic E-state index is 5.76. The molecule has 0 spiro atoms. The Morgan fingerprint density at radius 2 is 2.05 bits per heavy atom. The maximum absolute atomic E-state index is 5.76. The standard InChI is InChI=1S/C17H20N2O/c1-13-2-7-16(19-11-13)10-14-3-5-15(6-4-14)17-12-18-8-9-20-17/h2-7,11,17-18H,8-10,12H2,1H3/t17-/m1/s1. The van der Waals surface area contributed by atoms with Crippen molar-refractivity contribution in [1.29, 1.82) is 0 Å². The molecule has 0 bridgehead atoms. The van der Waals surface area contributed by atoms with Gasteiger partial charge in [-0.15, -0.1) is 0 Å². The Morgan fingerprint density at radius 1 is 1.20 bits per heavy atom. The quantitative estimate of drug-likeness (QED) is 0.929. The Morgan fingerprint density at radius 3 is 2.70 bits per heavy atom. The lowest BCUT2D eigenvalue weighted by molar-refractivity contribution is 0.0277. The van der Waals surface area contributed by atoms with E-state index in [1.807, 2.05) is 6.20 Å². The van der Waals surface area contributed by atoms with Crippen LogP contribution in [0.4, 0.5) is 0 Å². The van der Waals surface area contributed by atoms with Gasteiger partial charge in [0.1, 0.15) is 0 Å². The monoisotopic (exact) mass is 268 g/mol. The third-order valence-corrected chi connectivity index (χ3v) is 3.64. The zero-order chi connectivity index (χ0) is 13.8. The molecule has 0 saturated carbocycles. The molecule has 1 atom stereocenters. The minimum Gasteiger partial charge on any atom is -0.371 e. The second kappa shape index (κ2) is 6.16. The van der Waals surface area contributed by atoms with Gasteiger partial charge in [0.15, 0.2) is 0 Å². The van der Waals surface area contributed by atoms with E-state index in [1.165, 1.54) is 16.7 Å². The smallest absolute Gasteiger partial charge is 0.0949 e. The first-order chi connectivity index (χ1) is 9.81. The van der Waals surface area contributed by atoms with E-state index in [2.05, 4.69) is 53.6 Å². The number of morpholine rings is 1. The summed E-state index contributed by atoms with van der Waals surface area (Å²) in [6, 6.07) is 12.9.